The smallest absolute Gasteiger partial charge is 0.243 e. The summed E-state index contributed by atoms with van der Waals surface area (Å²) >= 11 is 0. The van der Waals surface area contributed by atoms with Gasteiger partial charge in [0, 0.05) is 20.1 Å². The number of fused-ring (bicyclic) bond motifs is 1. The number of benzene rings is 2. The van der Waals surface area contributed by atoms with Crippen molar-refractivity contribution in [3.8, 4) is 5.75 Å². The standard InChI is InChI=1S/C19H22N2O4S/c1-20(26(23,24)18-6-4-3-5-7-18)14-19(22)21-11-10-15-8-9-17(25-2)12-16(15)13-21/h3-9,12H,10-11,13-14H2,1-2H3. The normalized spacial score (nSPS) is 14.2. The summed E-state index contributed by atoms with van der Waals surface area (Å²) in [6, 6.07) is 14.0. The largest absolute Gasteiger partial charge is 0.497 e. The molecule has 3 rings (SSSR count). The summed E-state index contributed by atoms with van der Waals surface area (Å²) in [6.45, 7) is 0.860. The summed E-state index contributed by atoms with van der Waals surface area (Å²) in [4.78, 5) is 14.5. The molecule has 0 saturated carbocycles. The van der Waals surface area contributed by atoms with E-state index in [0.29, 0.717) is 13.1 Å². The van der Waals surface area contributed by atoms with Crippen LogP contribution in [0.1, 0.15) is 11.1 Å². The molecule has 6 nitrogen and oxygen atoms in total. The maximum absolute atomic E-state index is 12.6. The Labute approximate surface area is 154 Å². The van der Waals surface area contributed by atoms with Gasteiger partial charge >= 0.3 is 0 Å². The highest BCUT2D eigenvalue weighted by atomic mass is 32.2. The zero-order valence-corrected chi connectivity index (χ0v) is 15.7. The second-order valence-corrected chi connectivity index (χ2v) is 8.32. The van der Waals surface area contributed by atoms with Crippen LogP contribution in [0.25, 0.3) is 0 Å². The number of sulfonamides is 1. The zero-order valence-electron chi connectivity index (χ0n) is 14.9. The molecule has 1 heterocycles. The number of hydrogen-bond donors (Lipinski definition) is 0. The van der Waals surface area contributed by atoms with Crippen molar-refractivity contribution in [3.05, 3.63) is 59.7 Å². The Bertz CT molecular complexity index is 897. The third-order valence-electron chi connectivity index (χ3n) is 4.59. The van der Waals surface area contributed by atoms with Crippen LogP contribution in [0.4, 0.5) is 0 Å². The van der Waals surface area contributed by atoms with Crippen LogP contribution in [0.3, 0.4) is 0 Å². The zero-order chi connectivity index (χ0) is 18.7. The molecule has 0 N–H and O–H groups in total. The minimum absolute atomic E-state index is 0.184. The molecule has 138 valence electrons. The second-order valence-electron chi connectivity index (χ2n) is 6.27. The van der Waals surface area contributed by atoms with Crippen molar-refractivity contribution in [2.75, 3.05) is 27.2 Å². The molecular formula is C19H22N2O4S. The minimum atomic E-state index is -3.68. The molecule has 2 aromatic rings. The quantitative estimate of drug-likeness (QED) is 0.802. The van der Waals surface area contributed by atoms with Crippen molar-refractivity contribution in [2.24, 2.45) is 0 Å². The van der Waals surface area contributed by atoms with Crippen LogP contribution < -0.4 is 4.74 Å². The Balaban J connectivity index is 1.70. The van der Waals surface area contributed by atoms with Gasteiger partial charge in [0.15, 0.2) is 0 Å². The Kier molecular flexibility index (Phi) is 5.29. The van der Waals surface area contributed by atoms with E-state index >= 15 is 0 Å². The van der Waals surface area contributed by atoms with Gasteiger partial charge in [-0.1, -0.05) is 24.3 Å². The molecule has 7 heteroatoms. The first-order valence-corrected chi connectivity index (χ1v) is 9.81. The van der Waals surface area contributed by atoms with Crippen molar-refractivity contribution in [1.82, 2.24) is 9.21 Å². The van der Waals surface area contributed by atoms with Gasteiger partial charge in [-0.2, -0.15) is 4.31 Å². The molecule has 0 radical (unpaired) electrons. The topological polar surface area (TPSA) is 66.9 Å². The number of hydrogen-bond acceptors (Lipinski definition) is 4. The van der Waals surface area contributed by atoms with E-state index in [1.165, 1.54) is 24.7 Å². The van der Waals surface area contributed by atoms with E-state index in [4.69, 9.17) is 4.74 Å². The van der Waals surface area contributed by atoms with Crippen LogP contribution in [0.15, 0.2) is 53.4 Å². The molecule has 0 fully saturated rings. The summed E-state index contributed by atoms with van der Waals surface area (Å²) in [5, 5.41) is 0. The molecular weight excluding hydrogens is 352 g/mol. The lowest BCUT2D eigenvalue weighted by molar-refractivity contribution is -0.132. The monoisotopic (exact) mass is 374 g/mol. The molecule has 0 unspecified atom stereocenters. The van der Waals surface area contributed by atoms with Gasteiger partial charge in [0.2, 0.25) is 15.9 Å². The van der Waals surface area contributed by atoms with E-state index in [-0.39, 0.29) is 17.3 Å². The Morgan fingerprint density at radius 2 is 1.88 bits per heavy atom. The van der Waals surface area contributed by atoms with E-state index in [2.05, 4.69) is 0 Å². The van der Waals surface area contributed by atoms with Gasteiger partial charge in [-0.3, -0.25) is 4.79 Å². The number of rotatable bonds is 5. The van der Waals surface area contributed by atoms with Crippen molar-refractivity contribution in [3.63, 3.8) is 0 Å². The number of ether oxygens (including phenoxy) is 1. The number of nitrogens with zero attached hydrogens (tertiary/aromatic N) is 2. The Morgan fingerprint density at radius 3 is 2.58 bits per heavy atom. The molecule has 1 amide bonds. The number of methoxy groups -OCH3 is 1. The number of likely N-dealkylation sites (N-methyl/N-ethyl adjacent to an activating group) is 1. The first-order chi connectivity index (χ1) is 12.4. The molecule has 26 heavy (non-hydrogen) atoms. The van der Waals surface area contributed by atoms with Gasteiger partial charge in [0.05, 0.1) is 18.6 Å². The second kappa shape index (κ2) is 7.47. The molecule has 1 aliphatic heterocycles. The molecule has 2 aromatic carbocycles. The lowest BCUT2D eigenvalue weighted by atomic mass is 9.99. The van der Waals surface area contributed by atoms with E-state index in [9.17, 15) is 13.2 Å². The van der Waals surface area contributed by atoms with E-state index in [1.54, 1.807) is 30.2 Å². The van der Waals surface area contributed by atoms with E-state index in [1.807, 2.05) is 18.2 Å². The third kappa shape index (κ3) is 3.73. The molecule has 1 aliphatic rings. The highest BCUT2D eigenvalue weighted by molar-refractivity contribution is 7.89. The molecule has 0 saturated heterocycles. The fraction of sp³-hybridized carbons (Fsp3) is 0.316. The van der Waals surface area contributed by atoms with Gasteiger partial charge in [-0.05, 0) is 41.8 Å². The maximum Gasteiger partial charge on any atom is 0.243 e. The highest BCUT2D eigenvalue weighted by Gasteiger charge is 2.27. The summed E-state index contributed by atoms with van der Waals surface area (Å²) < 4.78 is 31.5. The molecule has 0 aliphatic carbocycles. The van der Waals surface area contributed by atoms with Crippen LogP contribution in [-0.2, 0) is 27.8 Å². The fourth-order valence-electron chi connectivity index (χ4n) is 3.02. The van der Waals surface area contributed by atoms with E-state index in [0.717, 1.165) is 22.0 Å². The molecule has 0 atom stereocenters. The van der Waals surface area contributed by atoms with Crippen LogP contribution in [0.2, 0.25) is 0 Å². The van der Waals surface area contributed by atoms with Crippen LogP contribution >= 0.6 is 0 Å². The summed E-state index contributed by atoms with van der Waals surface area (Å²) in [7, 11) is -0.638. The third-order valence-corrected chi connectivity index (χ3v) is 6.41. The number of carbonyl (C=O) groups excluding carboxylic acids is 1. The van der Waals surface area contributed by atoms with Crippen LogP contribution in [0.5, 0.6) is 5.75 Å². The van der Waals surface area contributed by atoms with Crippen molar-refractivity contribution >= 4 is 15.9 Å². The summed E-state index contributed by atoms with van der Waals surface area (Å²) in [5.74, 6) is 0.544. The average molecular weight is 374 g/mol. The predicted molar refractivity (Wildman–Crippen MR) is 98.4 cm³/mol. The summed E-state index contributed by atoms with van der Waals surface area (Å²) in [6.07, 6.45) is 0.750. The van der Waals surface area contributed by atoms with Gasteiger partial charge < -0.3 is 9.64 Å². The lowest BCUT2D eigenvalue weighted by Gasteiger charge is -2.30. The van der Waals surface area contributed by atoms with Crippen LogP contribution in [0, 0.1) is 0 Å². The summed E-state index contributed by atoms with van der Waals surface area (Å²) in [5.41, 5.74) is 2.23. The van der Waals surface area contributed by atoms with Gasteiger partial charge in [0.1, 0.15) is 5.75 Å². The maximum atomic E-state index is 12.6. The fourth-order valence-corrected chi connectivity index (χ4v) is 4.16. The van der Waals surface area contributed by atoms with Gasteiger partial charge in [0.25, 0.3) is 0 Å². The minimum Gasteiger partial charge on any atom is -0.497 e. The predicted octanol–water partition coefficient (Wildman–Crippen LogP) is 1.90. The number of carbonyl (C=O) groups is 1. The number of amides is 1. The van der Waals surface area contributed by atoms with Crippen molar-refractivity contribution < 1.29 is 17.9 Å². The molecule has 0 aromatic heterocycles. The average Bonchev–Trinajstić information content (AvgIpc) is 2.67. The van der Waals surface area contributed by atoms with Crippen LogP contribution in [-0.4, -0.2) is 50.8 Å². The Morgan fingerprint density at radius 1 is 1.15 bits per heavy atom. The molecule has 0 bridgehead atoms. The molecule has 0 spiro atoms. The SMILES string of the molecule is COc1ccc2c(c1)CN(C(=O)CN(C)S(=O)(=O)c1ccccc1)CC2. The van der Waals surface area contributed by atoms with Crippen molar-refractivity contribution in [1.29, 1.82) is 0 Å². The first kappa shape index (κ1) is 18.4. The Hall–Kier alpha value is -2.38. The highest BCUT2D eigenvalue weighted by Crippen LogP contribution is 2.24. The van der Waals surface area contributed by atoms with E-state index < -0.39 is 10.0 Å². The van der Waals surface area contributed by atoms with Gasteiger partial charge in [-0.25, -0.2) is 8.42 Å². The van der Waals surface area contributed by atoms with Crippen molar-refractivity contribution in [2.45, 2.75) is 17.9 Å². The lowest BCUT2D eigenvalue weighted by Crippen LogP contribution is -2.43. The first-order valence-electron chi connectivity index (χ1n) is 8.37. The van der Waals surface area contributed by atoms with Gasteiger partial charge in [-0.15, -0.1) is 0 Å².